The molecule has 1 unspecified atom stereocenters. The van der Waals surface area contributed by atoms with E-state index in [1.807, 2.05) is 24.3 Å². The van der Waals surface area contributed by atoms with Crippen molar-refractivity contribution in [2.45, 2.75) is 11.4 Å². The van der Waals surface area contributed by atoms with Crippen molar-refractivity contribution in [3.8, 4) is 5.75 Å². The van der Waals surface area contributed by atoms with Crippen LogP contribution in [0.2, 0.25) is 0 Å². The smallest absolute Gasteiger partial charge is 0.150 e. The SMILES string of the molecule is COc1ccc(CCS(=O)c2ncccc2N)cc1. The highest BCUT2D eigenvalue weighted by Crippen LogP contribution is 2.15. The number of ether oxygens (including phenoxy) is 1. The first-order valence-corrected chi connectivity index (χ1v) is 7.24. The number of anilines is 1. The van der Waals surface area contributed by atoms with Crippen LogP contribution in [0.3, 0.4) is 0 Å². The lowest BCUT2D eigenvalue weighted by atomic mass is 10.2. The van der Waals surface area contributed by atoms with Gasteiger partial charge in [-0.3, -0.25) is 4.21 Å². The number of hydrogen-bond donors (Lipinski definition) is 1. The number of hydrogen-bond acceptors (Lipinski definition) is 4. The van der Waals surface area contributed by atoms with Gasteiger partial charge in [-0.2, -0.15) is 0 Å². The number of rotatable bonds is 5. The van der Waals surface area contributed by atoms with Gasteiger partial charge in [0.05, 0.1) is 23.6 Å². The second-order valence-electron chi connectivity index (χ2n) is 4.05. The Kier molecular flexibility index (Phi) is 4.52. The van der Waals surface area contributed by atoms with Gasteiger partial charge in [-0.1, -0.05) is 12.1 Å². The average molecular weight is 276 g/mol. The number of benzene rings is 1. The third kappa shape index (κ3) is 3.54. The molecule has 0 amide bonds. The fourth-order valence-electron chi connectivity index (χ4n) is 1.69. The van der Waals surface area contributed by atoms with Crippen LogP contribution in [0.15, 0.2) is 47.6 Å². The Morgan fingerprint density at radius 2 is 2.00 bits per heavy atom. The van der Waals surface area contributed by atoms with Crippen LogP contribution in [-0.2, 0) is 17.2 Å². The highest BCUT2D eigenvalue weighted by Gasteiger charge is 2.09. The summed E-state index contributed by atoms with van der Waals surface area (Å²) in [6.07, 6.45) is 2.32. The number of aromatic nitrogens is 1. The molecule has 5 heteroatoms. The van der Waals surface area contributed by atoms with E-state index in [9.17, 15) is 4.21 Å². The Labute approximate surface area is 115 Å². The van der Waals surface area contributed by atoms with Gasteiger partial charge in [0, 0.05) is 11.9 Å². The Bertz CT molecular complexity index is 570. The highest BCUT2D eigenvalue weighted by molar-refractivity contribution is 7.85. The quantitative estimate of drug-likeness (QED) is 0.907. The van der Waals surface area contributed by atoms with Crippen LogP contribution in [0.25, 0.3) is 0 Å². The van der Waals surface area contributed by atoms with Crippen molar-refractivity contribution < 1.29 is 8.95 Å². The van der Waals surface area contributed by atoms with Crippen LogP contribution in [0.4, 0.5) is 5.69 Å². The molecule has 1 atom stereocenters. The maximum atomic E-state index is 12.1. The van der Waals surface area contributed by atoms with Gasteiger partial charge in [0.15, 0.2) is 0 Å². The molecule has 1 aromatic carbocycles. The molecule has 0 radical (unpaired) electrons. The zero-order valence-electron chi connectivity index (χ0n) is 10.7. The number of methoxy groups -OCH3 is 1. The third-order valence-corrected chi connectivity index (χ3v) is 4.10. The van der Waals surface area contributed by atoms with Crippen LogP contribution in [-0.4, -0.2) is 22.1 Å². The van der Waals surface area contributed by atoms with E-state index in [2.05, 4.69) is 4.98 Å². The molecule has 2 rings (SSSR count). The summed E-state index contributed by atoms with van der Waals surface area (Å²) in [5.41, 5.74) is 7.35. The molecule has 1 aromatic heterocycles. The van der Waals surface area contributed by atoms with Gasteiger partial charge in [-0.05, 0) is 36.2 Å². The number of nitrogen functional groups attached to an aromatic ring is 1. The maximum Gasteiger partial charge on any atom is 0.150 e. The largest absolute Gasteiger partial charge is 0.497 e. The highest BCUT2D eigenvalue weighted by atomic mass is 32.2. The summed E-state index contributed by atoms with van der Waals surface area (Å²) in [5, 5.41) is 0.469. The van der Waals surface area contributed by atoms with Gasteiger partial charge in [0.25, 0.3) is 0 Å². The zero-order chi connectivity index (χ0) is 13.7. The van der Waals surface area contributed by atoms with Crippen molar-refractivity contribution in [2.75, 3.05) is 18.6 Å². The van der Waals surface area contributed by atoms with E-state index >= 15 is 0 Å². The van der Waals surface area contributed by atoms with Crippen molar-refractivity contribution in [2.24, 2.45) is 0 Å². The van der Waals surface area contributed by atoms with Crippen LogP contribution in [0, 0.1) is 0 Å². The van der Waals surface area contributed by atoms with Crippen LogP contribution in [0.1, 0.15) is 5.56 Å². The molecule has 0 spiro atoms. The van der Waals surface area contributed by atoms with Gasteiger partial charge in [0.1, 0.15) is 10.8 Å². The maximum absolute atomic E-state index is 12.1. The second-order valence-corrected chi connectivity index (χ2v) is 5.53. The van der Waals surface area contributed by atoms with E-state index in [4.69, 9.17) is 10.5 Å². The standard InChI is InChI=1S/C14H16N2O2S/c1-18-12-6-4-11(5-7-12)8-10-19(17)14-13(15)3-2-9-16-14/h2-7,9H,8,10,15H2,1H3. The van der Waals surface area contributed by atoms with Crippen molar-refractivity contribution in [1.29, 1.82) is 0 Å². The first kappa shape index (κ1) is 13.5. The van der Waals surface area contributed by atoms with Gasteiger partial charge in [-0.15, -0.1) is 0 Å². The molecule has 0 aliphatic carbocycles. The lowest BCUT2D eigenvalue weighted by Crippen LogP contribution is -2.06. The van der Waals surface area contributed by atoms with E-state index in [1.165, 1.54) is 0 Å². The summed E-state index contributed by atoms with van der Waals surface area (Å²) in [6, 6.07) is 11.2. The average Bonchev–Trinajstić information content (AvgIpc) is 2.46. The summed E-state index contributed by atoms with van der Waals surface area (Å²) in [6.45, 7) is 0. The number of pyridine rings is 1. The Balaban J connectivity index is 1.98. The Morgan fingerprint density at radius 1 is 1.26 bits per heavy atom. The summed E-state index contributed by atoms with van der Waals surface area (Å²) in [5.74, 6) is 1.33. The fraction of sp³-hybridized carbons (Fsp3) is 0.214. The molecular weight excluding hydrogens is 260 g/mol. The minimum Gasteiger partial charge on any atom is -0.497 e. The van der Waals surface area contributed by atoms with E-state index < -0.39 is 10.8 Å². The van der Waals surface area contributed by atoms with Crippen molar-refractivity contribution in [1.82, 2.24) is 4.98 Å². The van der Waals surface area contributed by atoms with Crippen molar-refractivity contribution in [3.05, 3.63) is 48.2 Å². The number of nitrogens with two attached hydrogens (primary N) is 1. The summed E-state index contributed by atoms with van der Waals surface area (Å²) >= 11 is 0. The first-order chi connectivity index (χ1) is 9.20. The molecule has 0 aliphatic rings. The molecule has 2 N–H and O–H groups in total. The summed E-state index contributed by atoms with van der Waals surface area (Å²) in [4.78, 5) is 4.07. The normalized spacial score (nSPS) is 12.1. The predicted octanol–water partition coefficient (Wildman–Crippen LogP) is 2.02. The number of aryl methyl sites for hydroxylation is 1. The number of nitrogens with zero attached hydrogens (tertiary/aromatic N) is 1. The molecule has 0 saturated carbocycles. The van der Waals surface area contributed by atoms with E-state index in [0.29, 0.717) is 22.9 Å². The summed E-state index contributed by atoms with van der Waals surface area (Å²) in [7, 11) is 0.463. The minimum atomic E-state index is -1.17. The van der Waals surface area contributed by atoms with Crippen molar-refractivity contribution in [3.63, 3.8) is 0 Å². The molecule has 4 nitrogen and oxygen atoms in total. The zero-order valence-corrected chi connectivity index (χ0v) is 11.5. The van der Waals surface area contributed by atoms with Gasteiger partial charge >= 0.3 is 0 Å². The van der Waals surface area contributed by atoms with Gasteiger partial charge in [0.2, 0.25) is 0 Å². The molecule has 0 bridgehead atoms. The minimum absolute atomic E-state index is 0.469. The molecule has 0 aliphatic heterocycles. The van der Waals surface area contributed by atoms with E-state index in [0.717, 1.165) is 11.3 Å². The first-order valence-electron chi connectivity index (χ1n) is 5.92. The monoisotopic (exact) mass is 276 g/mol. The van der Waals surface area contributed by atoms with E-state index in [1.54, 1.807) is 25.4 Å². The van der Waals surface area contributed by atoms with Crippen LogP contribution >= 0.6 is 0 Å². The lowest BCUT2D eigenvalue weighted by molar-refractivity contribution is 0.414. The molecule has 1 heterocycles. The molecule has 0 fully saturated rings. The van der Waals surface area contributed by atoms with Crippen LogP contribution < -0.4 is 10.5 Å². The van der Waals surface area contributed by atoms with E-state index in [-0.39, 0.29) is 0 Å². The Hall–Kier alpha value is -1.88. The van der Waals surface area contributed by atoms with Crippen molar-refractivity contribution >= 4 is 16.5 Å². The third-order valence-electron chi connectivity index (χ3n) is 2.75. The predicted molar refractivity (Wildman–Crippen MR) is 76.6 cm³/mol. The van der Waals surface area contributed by atoms with Gasteiger partial charge < -0.3 is 10.5 Å². The fourth-order valence-corrected chi connectivity index (χ4v) is 2.82. The van der Waals surface area contributed by atoms with Crippen LogP contribution in [0.5, 0.6) is 5.75 Å². The lowest BCUT2D eigenvalue weighted by Gasteiger charge is -2.05. The molecular formula is C14H16N2O2S. The Morgan fingerprint density at radius 3 is 2.63 bits per heavy atom. The second kappa shape index (κ2) is 6.33. The topological polar surface area (TPSA) is 65.2 Å². The molecule has 2 aromatic rings. The molecule has 100 valence electrons. The molecule has 0 saturated heterocycles. The van der Waals surface area contributed by atoms with Gasteiger partial charge in [-0.25, -0.2) is 4.98 Å². The summed E-state index contributed by atoms with van der Waals surface area (Å²) < 4.78 is 17.2. The molecule has 19 heavy (non-hydrogen) atoms.